The van der Waals surface area contributed by atoms with Gasteiger partial charge in [0.1, 0.15) is 17.0 Å². The highest BCUT2D eigenvalue weighted by atomic mass is 16.3. The number of nitrogens with zero attached hydrogens (tertiary/aromatic N) is 2. The summed E-state index contributed by atoms with van der Waals surface area (Å²) in [5, 5.41) is 5.46. The quantitative estimate of drug-likeness (QED) is 0.134. The Morgan fingerprint density at radius 2 is 1.05 bits per heavy atom. The van der Waals surface area contributed by atoms with Gasteiger partial charge >= 0.3 is 0 Å². The Kier molecular flexibility index (Phi) is 8.76. The molecule has 1 N–H and O–H groups in total. The van der Waals surface area contributed by atoms with Crippen LogP contribution in [0.5, 0.6) is 0 Å². The molecular weight excluding hydrogens is 755 g/mol. The maximum atomic E-state index is 6.99. The zero-order valence-electron chi connectivity index (χ0n) is 35.8. The molecule has 4 heteroatoms. The Morgan fingerprint density at radius 3 is 1.69 bits per heavy atom. The highest BCUT2D eigenvalue weighted by Gasteiger charge is 2.36. The zero-order valence-corrected chi connectivity index (χ0v) is 35.8. The summed E-state index contributed by atoms with van der Waals surface area (Å²) in [5.41, 5.74) is 19.8. The second-order valence-electron chi connectivity index (χ2n) is 17.7. The van der Waals surface area contributed by atoms with E-state index in [1.54, 1.807) is 0 Å². The lowest BCUT2D eigenvalue weighted by molar-refractivity contribution is 0.660. The van der Waals surface area contributed by atoms with E-state index in [0.29, 0.717) is 12.4 Å². The van der Waals surface area contributed by atoms with Gasteiger partial charge in [-0.3, -0.25) is 4.99 Å². The summed E-state index contributed by atoms with van der Waals surface area (Å²) in [4.78, 5) is 10.4. The lowest BCUT2D eigenvalue weighted by Gasteiger charge is -2.21. The molecule has 0 aliphatic heterocycles. The van der Waals surface area contributed by atoms with E-state index >= 15 is 0 Å². The highest BCUT2D eigenvalue weighted by molar-refractivity contribution is 6.14. The van der Waals surface area contributed by atoms with Crippen molar-refractivity contribution < 1.29 is 4.42 Å². The van der Waals surface area contributed by atoms with E-state index in [1.165, 1.54) is 50.1 Å². The molecule has 0 atom stereocenters. The average Bonchev–Trinajstić information content (AvgIpc) is 3.89. The molecule has 0 unspecified atom stereocenters. The van der Waals surface area contributed by atoms with Gasteiger partial charge in [0.15, 0.2) is 5.84 Å². The molecule has 0 saturated carbocycles. The van der Waals surface area contributed by atoms with E-state index in [-0.39, 0.29) is 10.8 Å². The summed E-state index contributed by atoms with van der Waals surface area (Å²) in [6.07, 6.45) is 0. The number of nitrogens with one attached hydrogen (secondary N) is 1. The number of rotatable bonds is 6. The Balaban J connectivity index is 1.12. The van der Waals surface area contributed by atoms with Crippen molar-refractivity contribution in [2.24, 2.45) is 9.98 Å². The third-order valence-electron chi connectivity index (χ3n) is 13.4. The summed E-state index contributed by atoms with van der Waals surface area (Å²) >= 11 is 0. The van der Waals surface area contributed by atoms with E-state index in [1.807, 2.05) is 43.4 Å². The first kappa shape index (κ1) is 37.7. The second kappa shape index (κ2) is 14.4. The average molecular weight is 802 g/mol. The fraction of sp³-hybridized carbons (Fsp3) is 0.138. The van der Waals surface area contributed by atoms with E-state index in [2.05, 4.69) is 173 Å². The molecule has 2 aliphatic rings. The van der Waals surface area contributed by atoms with Gasteiger partial charge < -0.3 is 9.73 Å². The molecule has 0 fully saturated rings. The van der Waals surface area contributed by atoms with Crippen molar-refractivity contribution in [1.29, 1.82) is 0 Å². The van der Waals surface area contributed by atoms with Gasteiger partial charge in [0, 0.05) is 45.3 Å². The summed E-state index contributed by atoms with van der Waals surface area (Å²) in [6.45, 7) is 9.77. The number of hydrogen-bond donors (Lipinski definition) is 1. The third-order valence-corrected chi connectivity index (χ3v) is 13.4. The molecule has 0 spiro atoms. The van der Waals surface area contributed by atoms with Crippen LogP contribution in [0, 0.1) is 0 Å². The van der Waals surface area contributed by atoms with E-state index in [0.717, 1.165) is 61.2 Å². The van der Waals surface area contributed by atoms with Gasteiger partial charge in [-0.05, 0) is 97.1 Å². The minimum absolute atomic E-state index is 0.0675. The summed E-state index contributed by atoms with van der Waals surface area (Å²) < 4.78 is 6.99. The number of hydrogen-bond acceptors (Lipinski definition) is 2. The first-order valence-electron chi connectivity index (χ1n) is 21.6. The van der Waals surface area contributed by atoms with Gasteiger partial charge in [-0.2, -0.15) is 0 Å². The largest absolute Gasteiger partial charge is 0.455 e. The molecule has 0 radical (unpaired) electrons. The molecule has 8 aromatic carbocycles. The van der Waals surface area contributed by atoms with Crippen molar-refractivity contribution >= 4 is 33.6 Å². The summed E-state index contributed by atoms with van der Waals surface area (Å²) in [5.74, 6) is 1.42. The maximum Gasteiger partial charge on any atom is 0.157 e. The van der Waals surface area contributed by atoms with Crippen LogP contribution in [0.2, 0.25) is 0 Å². The lowest BCUT2D eigenvalue weighted by atomic mass is 9.82. The molecule has 2 aliphatic carbocycles. The molecule has 62 heavy (non-hydrogen) atoms. The maximum absolute atomic E-state index is 6.99. The molecule has 1 aromatic heterocycles. The summed E-state index contributed by atoms with van der Waals surface area (Å²) in [7, 11) is 1.91. The molecule has 4 nitrogen and oxygen atoms in total. The standard InChI is InChI=1S/C58H47N3O/c1-57(2)48-24-14-12-22-42(48)45-31-38(27-29-50(45)57)41-33-44(39-28-30-51-46(32-39)43-23-13-15-25-49(43)58(51,3)4)54-47(34-41)53-40(21-16-26-52(53)62-54)35-60-56(37-19-10-7-11-20-37)61-55(59-5)36-17-8-6-9-18-36/h6-34H,35H2,1-5H3,(H,59,60,61). The van der Waals surface area contributed by atoms with Crippen molar-refractivity contribution in [3.63, 3.8) is 0 Å². The second-order valence-corrected chi connectivity index (χ2v) is 17.7. The normalized spacial score (nSPS) is 14.7. The third kappa shape index (κ3) is 5.96. The number of benzene rings is 8. The van der Waals surface area contributed by atoms with Gasteiger partial charge in [-0.1, -0.05) is 173 Å². The van der Waals surface area contributed by atoms with Crippen LogP contribution in [0.15, 0.2) is 190 Å². The molecule has 0 amide bonds. The molecule has 1 heterocycles. The van der Waals surface area contributed by atoms with Crippen molar-refractivity contribution in [3.8, 4) is 44.5 Å². The van der Waals surface area contributed by atoms with Crippen molar-refractivity contribution in [1.82, 2.24) is 5.32 Å². The van der Waals surface area contributed by atoms with Gasteiger partial charge in [-0.25, -0.2) is 4.99 Å². The van der Waals surface area contributed by atoms with Crippen LogP contribution in [-0.2, 0) is 17.4 Å². The predicted octanol–water partition coefficient (Wildman–Crippen LogP) is 14.1. The number of fused-ring (bicyclic) bond motifs is 9. The van der Waals surface area contributed by atoms with Crippen LogP contribution in [0.25, 0.3) is 66.4 Å². The van der Waals surface area contributed by atoms with E-state index in [4.69, 9.17) is 14.4 Å². The Morgan fingerprint density at radius 1 is 0.500 bits per heavy atom. The van der Waals surface area contributed by atoms with Crippen LogP contribution >= 0.6 is 0 Å². The smallest absolute Gasteiger partial charge is 0.157 e. The fourth-order valence-corrected chi connectivity index (χ4v) is 10.2. The van der Waals surface area contributed by atoms with Crippen molar-refractivity contribution in [3.05, 3.63) is 215 Å². The lowest BCUT2D eigenvalue weighted by Crippen LogP contribution is -2.21. The van der Waals surface area contributed by atoms with Gasteiger partial charge in [0.2, 0.25) is 0 Å². The molecule has 11 rings (SSSR count). The first-order valence-corrected chi connectivity index (χ1v) is 21.6. The van der Waals surface area contributed by atoms with Crippen LogP contribution in [-0.4, -0.2) is 18.7 Å². The summed E-state index contributed by atoms with van der Waals surface area (Å²) in [6, 6.07) is 63.3. The molecule has 300 valence electrons. The fourth-order valence-electron chi connectivity index (χ4n) is 10.2. The Labute approximate surface area is 363 Å². The van der Waals surface area contributed by atoms with Crippen LogP contribution in [0.4, 0.5) is 0 Å². The first-order chi connectivity index (χ1) is 30.2. The van der Waals surface area contributed by atoms with Crippen molar-refractivity contribution in [2.45, 2.75) is 45.1 Å². The Bertz CT molecular complexity index is 3290. The van der Waals surface area contributed by atoms with E-state index in [9.17, 15) is 0 Å². The number of amidine groups is 2. The van der Waals surface area contributed by atoms with Crippen LogP contribution in [0.1, 0.15) is 66.6 Å². The molecular formula is C58H47N3O. The van der Waals surface area contributed by atoms with Crippen LogP contribution < -0.4 is 5.32 Å². The SMILES string of the molecule is CNC(=NC(=NCc1cccc2oc3c(-c4ccc5c(c4)-c4ccccc4C5(C)C)cc(-c4ccc5c(c4)-c4ccccc4C5(C)C)cc3c12)c1ccccc1)c1ccccc1. The molecule has 0 saturated heterocycles. The number of aliphatic imine (C=N–C) groups is 2. The topological polar surface area (TPSA) is 49.9 Å². The van der Waals surface area contributed by atoms with Crippen LogP contribution in [0.3, 0.4) is 0 Å². The number of furan rings is 1. The predicted molar refractivity (Wildman–Crippen MR) is 258 cm³/mol. The monoisotopic (exact) mass is 801 g/mol. The zero-order chi connectivity index (χ0) is 42.2. The molecule has 9 aromatic rings. The Hall–Kier alpha value is -7.30. The highest BCUT2D eigenvalue weighted by Crippen LogP contribution is 2.52. The van der Waals surface area contributed by atoms with E-state index < -0.39 is 0 Å². The minimum Gasteiger partial charge on any atom is -0.455 e. The van der Waals surface area contributed by atoms with Gasteiger partial charge in [0.25, 0.3) is 0 Å². The van der Waals surface area contributed by atoms with Gasteiger partial charge in [-0.15, -0.1) is 0 Å². The van der Waals surface area contributed by atoms with Gasteiger partial charge in [0.05, 0.1) is 6.54 Å². The minimum atomic E-state index is -0.0808. The molecule has 0 bridgehead atoms. The van der Waals surface area contributed by atoms with Crippen molar-refractivity contribution in [2.75, 3.05) is 7.05 Å².